The second-order valence-electron chi connectivity index (χ2n) is 9.88. The number of ether oxygens (including phenoxy) is 2. The average Bonchev–Trinajstić information content (AvgIpc) is 3.48. The van der Waals surface area contributed by atoms with Crippen LogP contribution in [0.3, 0.4) is 0 Å². The van der Waals surface area contributed by atoms with Gasteiger partial charge in [-0.3, -0.25) is 9.88 Å². The zero-order chi connectivity index (χ0) is 25.4. The molecule has 37 heavy (non-hydrogen) atoms. The van der Waals surface area contributed by atoms with Crippen molar-refractivity contribution in [1.82, 2.24) is 19.9 Å². The molecule has 0 aliphatic carbocycles. The van der Waals surface area contributed by atoms with Gasteiger partial charge in [-0.05, 0) is 61.7 Å². The first-order valence-corrected chi connectivity index (χ1v) is 12.8. The van der Waals surface area contributed by atoms with Gasteiger partial charge < -0.3 is 19.9 Å². The maximum Gasteiger partial charge on any atom is 0.319 e. The molecule has 0 unspecified atom stereocenters. The van der Waals surface area contributed by atoms with Crippen LogP contribution < -0.4 is 10.1 Å². The van der Waals surface area contributed by atoms with Crippen LogP contribution in [0.1, 0.15) is 25.7 Å². The Bertz CT molecular complexity index is 1450. The molecule has 192 valence electrons. The highest BCUT2D eigenvalue weighted by Gasteiger charge is 2.45. The summed E-state index contributed by atoms with van der Waals surface area (Å²) < 4.78 is 27.5. The number of pyridine rings is 1. The van der Waals surface area contributed by atoms with Crippen LogP contribution in [-0.2, 0) is 4.74 Å². The molecule has 4 aromatic rings. The molecular formula is C28H30FN5O3. The molecule has 0 spiro atoms. The van der Waals surface area contributed by atoms with Crippen LogP contribution in [0.2, 0.25) is 0 Å². The molecule has 6 rings (SSSR count). The highest BCUT2D eigenvalue weighted by molar-refractivity contribution is 5.99. The van der Waals surface area contributed by atoms with Crippen LogP contribution >= 0.6 is 0 Å². The molecule has 4 heterocycles. The maximum absolute atomic E-state index is 16.2. The molecule has 2 fully saturated rings. The Morgan fingerprint density at radius 1 is 1.11 bits per heavy atom. The second kappa shape index (κ2) is 9.72. The van der Waals surface area contributed by atoms with Gasteiger partial charge in [0, 0.05) is 25.4 Å². The van der Waals surface area contributed by atoms with Gasteiger partial charge in [-0.25, -0.2) is 4.39 Å². The Labute approximate surface area is 214 Å². The van der Waals surface area contributed by atoms with E-state index >= 15 is 4.39 Å². The SMILES string of the molecule is COCCNc1nc(OCC23CCCN2CCC3)nc2c(F)c(-c3cc(O)cc4ccccc34)ncc12. The average molecular weight is 504 g/mol. The molecule has 0 amide bonds. The van der Waals surface area contributed by atoms with Gasteiger partial charge in [0.05, 0.1) is 17.5 Å². The fourth-order valence-electron chi connectivity index (χ4n) is 5.85. The Morgan fingerprint density at radius 2 is 1.92 bits per heavy atom. The molecule has 0 saturated carbocycles. The lowest BCUT2D eigenvalue weighted by Crippen LogP contribution is -2.43. The minimum atomic E-state index is -0.586. The quantitative estimate of drug-likeness (QED) is 0.333. The summed E-state index contributed by atoms with van der Waals surface area (Å²) in [6, 6.07) is 10.8. The van der Waals surface area contributed by atoms with E-state index in [1.807, 2.05) is 24.3 Å². The maximum atomic E-state index is 16.2. The monoisotopic (exact) mass is 503 g/mol. The highest BCUT2D eigenvalue weighted by atomic mass is 19.1. The van der Waals surface area contributed by atoms with Gasteiger partial charge in [0.25, 0.3) is 0 Å². The first-order chi connectivity index (χ1) is 18.1. The number of anilines is 1. The molecule has 2 aliphatic heterocycles. The minimum absolute atomic E-state index is 0.0182. The number of benzene rings is 2. The van der Waals surface area contributed by atoms with Gasteiger partial charge in [-0.15, -0.1) is 0 Å². The van der Waals surface area contributed by atoms with Crippen molar-refractivity contribution in [3.8, 4) is 23.0 Å². The first-order valence-electron chi connectivity index (χ1n) is 12.8. The zero-order valence-corrected chi connectivity index (χ0v) is 20.8. The molecule has 2 aromatic carbocycles. The third kappa shape index (κ3) is 4.32. The molecule has 0 bridgehead atoms. The number of halogens is 1. The van der Waals surface area contributed by atoms with Gasteiger partial charge in [-0.2, -0.15) is 9.97 Å². The van der Waals surface area contributed by atoms with E-state index in [1.165, 1.54) is 6.07 Å². The van der Waals surface area contributed by atoms with Gasteiger partial charge in [0.1, 0.15) is 29.4 Å². The summed E-state index contributed by atoms with van der Waals surface area (Å²) in [5.74, 6) is -0.0969. The van der Waals surface area contributed by atoms with Crippen LogP contribution in [0.25, 0.3) is 32.9 Å². The molecule has 2 N–H and O–H groups in total. The van der Waals surface area contributed by atoms with Crippen molar-refractivity contribution < 1.29 is 19.0 Å². The van der Waals surface area contributed by atoms with E-state index in [-0.39, 0.29) is 28.5 Å². The third-order valence-corrected chi connectivity index (χ3v) is 7.65. The summed E-state index contributed by atoms with van der Waals surface area (Å²) in [4.78, 5) is 16.1. The lowest BCUT2D eigenvalue weighted by Gasteiger charge is -2.31. The van der Waals surface area contributed by atoms with Crippen molar-refractivity contribution in [1.29, 1.82) is 0 Å². The van der Waals surface area contributed by atoms with E-state index in [0.29, 0.717) is 36.5 Å². The fraction of sp³-hybridized carbons (Fsp3) is 0.393. The minimum Gasteiger partial charge on any atom is -0.508 e. The fourth-order valence-corrected chi connectivity index (χ4v) is 5.85. The topological polar surface area (TPSA) is 92.6 Å². The predicted molar refractivity (Wildman–Crippen MR) is 141 cm³/mol. The zero-order valence-electron chi connectivity index (χ0n) is 20.8. The predicted octanol–water partition coefficient (Wildman–Crippen LogP) is 4.76. The third-order valence-electron chi connectivity index (χ3n) is 7.65. The van der Waals surface area contributed by atoms with E-state index in [4.69, 9.17) is 9.47 Å². The van der Waals surface area contributed by atoms with E-state index < -0.39 is 5.82 Å². The van der Waals surface area contributed by atoms with E-state index in [9.17, 15) is 5.11 Å². The number of nitrogens with one attached hydrogen (secondary N) is 1. The summed E-state index contributed by atoms with van der Waals surface area (Å²) in [5.41, 5.74) is 0.749. The Balaban J connectivity index is 1.43. The smallest absolute Gasteiger partial charge is 0.319 e. The van der Waals surface area contributed by atoms with E-state index in [1.54, 1.807) is 19.4 Å². The summed E-state index contributed by atoms with van der Waals surface area (Å²) in [7, 11) is 1.62. The molecule has 8 nitrogen and oxygen atoms in total. The van der Waals surface area contributed by atoms with Crippen LogP contribution in [-0.4, -0.2) is 70.5 Å². The van der Waals surface area contributed by atoms with Crippen molar-refractivity contribution in [2.45, 2.75) is 31.2 Å². The lowest BCUT2D eigenvalue weighted by atomic mass is 9.95. The molecule has 2 aliphatic rings. The normalized spacial score (nSPS) is 16.9. The number of phenolic OH excluding ortho intramolecular Hbond substituents is 1. The molecule has 9 heteroatoms. The highest BCUT2D eigenvalue weighted by Crippen LogP contribution is 2.40. The van der Waals surface area contributed by atoms with Crippen LogP contribution in [0.4, 0.5) is 10.2 Å². The Kier molecular flexibility index (Phi) is 6.26. The van der Waals surface area contributed by atoms with Gasteiger partial charge in [0.15, 0.2) is 5.82 Å². The van der Waals surface area contributed by atoms with Gasteiger partial charge in [-0.1, -0.05) is 24.3 Å². The standard InChI is InChI=1S/C28H30FN5O3/c1-36-13-10-30-26-22-16-31-24(21-15-19(35)14-18-6-2-3-7-20(18)21)23(29)25(22)32-27(33-26)37-17-28-8-4-11-34(28)12-5-9-28/h2-3,6-7,14-16,35H,4-5,8-13,17H2,1H3,(H,30,32,33). The Morgan fingerprint density at radius 3 is 2.73 bits per heavy atom. The van der Waals surface area contributed by atoms with Crippen molar-refractivity contribution in [2.75, 3.05) is 45.3 Å². The number of phenols is 1. The van der Waals surface area contributed by atoms with Crippen molar-refractivity contribution in [3.63, 3.8) is 0 Å². The lowest BCUT2D eigenvalue weighted by molar-refractivity contribution is 0.108. The number of hydrogen-bond donors (Lipinski definition) is 2. The number of aromatic hydroxyl groups is 1. The second-order valence-corrected chi connectivity index (χ2v) is 9.88. The van der Waals surface area contributed by atoms with Crippen LogP contribution in [0, 0.1) is 5.82 Å². The molecule has 2 aromatic heterocycles. The van der Waals surface area contributed by atoms with Crippen molar-refractivity contribution >= 4 is 27.5 Å². The number of methoxy groups -OCH3 is 1. The summed E-state index contributed by atoms with van der Waals surface area (Å²) in [6.07, 6.45) is 6.07. The van der Waals surface area contributed by atoms with Crippen LogP contribution in [0.15, 0.2) is 42.6 Å². The number of nitrogens with zero attached hydrogens (tertiary/aromatic N) is 4. The largest absolute Gasteiger partial charge is 0.508 e. The molecule has 2 saturated heterocycles. The molecule has 0 atom stereocenters. The molecule has 0 radical (unpaired) electrons. The summed E-state index contributed by atoms with van der Waals surface area (Å²) >= 11 is 0. The van der Waals surface area contributed by atoms with Crippen molar-refractivity contribution in [2.24, 2.45) is 0 Å². The number of hydrogen-bond acceptors (Lipinski definition) is 8. The van der Waals surface area contributed by atoms with Gasteiger partial charge >= 0.3 is 6.01 Å². The van der Waals surface area contributed by atoms with Crippen molar-refractivity contribution in [3.05, 3.63) is 48.4 Å². The Hall–Kier alpha value is -3.56. The number of aromatic nitrogens is 3. The van der Waals surface area contributed by atoms with Crippen LogP contribution in [0.5, 0.6) is 11.8 Å². The van der Waals surface area contributed by atoms with E-state index in [0.717, 1.165) is 49.5 Å². The first kappa shape index (κ1) is 23.8. The number of rotatable bonds is 8. The summed E-state index contributed by atoms with van der Waals surface area (Å²) in [5, 5.41) is 15.6. The number of fused-ring (bicyclic) bond motifs is 3. The van der Waals surface area contributed by atoms with E-state index in [2.05, 4.69) is 25.2 Å². The summed E-state index contributed by atoms with van der Waals surface area (Å²) in [6.45, 7) is 3.61. The molecular weight excluding hydrogens is 473 g/mol. The van der Waals surface area contributed by atoms with Gasteiger partial charge in [0.2, 0.25) is 0 Å².